The van der Waals surface area contributed by atoms with E-state index in [0.717, 1.165) is 52.0 Å². The van der Waals surface area contributed by atoms with Crippen molar-refractivity contribution >= 4 is 5.91 Å². The topological polar surface area (TPSA) is 35.6 Å². The Morgan fingerprint density at radius 1 is 1.35 bits per heavy atom. The third kappa shape index (κ3) is 5.04. The van der Waals surface area contributed by atoms with Crippen LogP contribution in [-0.2, 0) is 4.79 Å². The Kier molecular flexibility index (Phi) is 6.52. The monoisotopic (exact) mass is 241 g/mol. The van der Waals surface area contributed by atoms with Gasteiger partial charge in [0.2, 0.25) is 5.91 Å². The zero-order valence-electron chi connectivity index (χ0n) is 11.5. The Morgan fingerprint density at radius 2 is 2.12 bits per heavy atom. The first-order chi connectivity index (χ1) is 8.15. The van der Waals surface area contributed by atoms with Gasteiger partial charge in [-0.15, -0.1) is 0 Å². The molecule has 0 spiro atoms. The Bertz CT molecular complexity index is 225. The van der Waals surface area contributed by atoms with Crippen LogP contribution in [0.5, 0.6) is 0 Å². The van der Waals surface area contributed by atoms with Gasteiger partial charge in [0, 0.05) is 19.6 Å². The van der Waals surface area contributed by atoms with Gasteiger partial charge in [0.25, 0.3) is 0 Å². The molecule has 1 heterocycles. The molecule has 100 valence electrons. The molecule has 1 atom stereocenters. The molecule has 0 aromatic heterocycles. The second kappa shape index (κ2) is 7.67. The second-order valence-electron chi connectivity index (χ2n) is 5.12. The number of piperidine rings is 1. The number of rotatable bonds is 6. The van der Waals surface area contributed by atoms with E-state index in [1.54, 1.807) is 0 Å². The molecule has 0 saturated carbocycles. The minimum atomic E-state index is 0.211. The zero-order chi connectivity index (χ0) is 12.7. The van der Waals surface area contributed by atoms with Gasteiger partial charge in [-0.05, 0) is 53.4 Å². The highest BCUT2D eigenvalue weighted by Gasteiger charge is 2.24. The average Bonchev–Trinajstić information content (AvgIpc) is 2.34. The molecular weight excluding hydrogens is 214 g/mol. The third-order valence-electron chi connectivity index (χ3n) is 3.37. The Hall–Kier alpha value is -0.610. The minimum absolute atomic E-state index is 0.211. The summed E-state index contributed by atoms with van der Waals surface area (Å²) in [6.07, 6.45) is 3.24. The van der Waals surface area contributed by atoms with Crippen LogP contribution in [0.25, 0.3) is 0 Å². The van der Waals surface area contributed by atoms with E-state index in [1.807, 2.05) is 4.90 Å². The summed E-state index contributed by atoms with van der Waals surface area (Å²) < 4.78 is 0. The molecule has 1 N–H and O–H groups in total. The van der Waals surface area contributed by atoms with Crippen molar-refractivity contribution in [3.63, 3.8) is 0 Å². The standard InChI is InChI=1S/C13H27N3O/c1-4-16(10-6-9-15(2)3)13(17)12-7-5-8-14-11-12/h12,14H,4-11H2,1-3H3/t12-/m1/s1. The van der Waals surface area contributed by atoms with Crippen molar-refractivity contribution in [2.45, 2.75) is 26.2 Å². The van der Waals surface area contributed by atoms with Gasteiger partial charge in [0.1, 0.15) is 0 Å². The van der Waals surface area contributed by atoms with Gasteiger partial charge in [0.15, 0.2) is 0 Å². The molecule has 0 aliphatic carbocycles. The fourth-order valence-electron chi connectivity index (χ4n) is 2.32. The molecule has 4 nitrogen and oxygen atoms in total. The van der Waals surface area contributed by atoms with Crippen LogP contribution in [0.3, 0.4) is 0 Å². The second-order valence-corrected chi connectivity index (χ2v) is 5.12. The maximum absolute atomic E-state index is 12.3. The van der Waals surface area contributed by atoms with Crippen molar-refractivity contribution in [2.75, 3.05) is 46.8 Å². The molecule has 1 fully saturated rings. The zero-order valence-corrected chi connectivity index (χ0v) is 11.5. The molecule has 0 radical (unpaired) electrons. The van der Waals surface area contributed by atoms with Crippen molar-refractivity contribution in [2.24, 2.45) is 5.92 Å². The van der Waals surface area contributed by atoms with Crippen LogP contribution in [-0.4, -0.2) is 62.5 Å². The van der Waals surface area contributed by atoms with E-state index in [9.17, 15) is 4.79 Å². The summed E-state index contributed by atoms with van der Waals surface area (Å²) in [5.41, 5.74) is 0. The van der Waals surface area contributed by atoms with E-state index < -0.39 is 0 Å². The van der Waals surface area contributed by atoms with Crippen molar-refractivity contribution in [3.05, 3.63) is 0 Å². The Morgan fingerprint density at radius 3 is 2.65 bits per heavy atom. The highest BCUT2D eigenvalue weighted by molar-refractivity contribution is 5.79. The van der Waals surface area contributed by atoms with Crippen molar-refractivity contribution in [3.8, 4) is 0 Å². The highest BCUT2D eigenvalue weighted by atomic mass is 16.2. The fraction of sp³-hybridized carbons (Fsp3) is 0.923. The van der Waals surface area contributed by atoms with Gasteiger partial charge < -0.3 is 15.1 Å². The molecule has 0 aromatic carbocycles. The van der Waals surface area contributed by atoms with Crippen LogP contribution < -0.4 is 5.32 Å². The van der Waals surface area contributed by atoms with E-state index in [1.165, 1.54) is 0 Å². The maximum Gasteiger partial charge on any atom is 0.226 e. The maximum atomic E-state index is 12.3. The summed E-state index contributed by atoms with van der Waals surface area (Å²) >= 11 is 0. The predicted octanol–water partition coefficient (Wildman–Crippen LogP) is 0.786. The smallest absolute Gasteiger partial charge is 0.226 e. The van der Waals surface area contributed by atoms with E-state index in [2.05, 4.69) is 31.2 Å². The van der Waals surface area contributed by atoms with Crippen LogP contribution in [0, 0.1) is 5.92 Å². The molecule has 1 rings (SSSR count). The Labute approximate surface area is 105 Å². The van der Waals surface area contributed by atoms with Gasteiger partial charge in [-0.1, -0.05) is 0 Å². The number of amides is 1. The number of nitrogens with zero attached hydrogens (tertiary/aromatic N) is 2. The van der Waals surface area contributed by atoms with Crippen LogP contribution >= 0.6 is 0 Å². The summed E-state index contributed by atoms with van der Waals surface area (Å²) in [5.74, 6) is 0.557. The molecule has 1 amide bonds. The summed E-state index contributed by atoms with van der Waals surface area (Å²) in [7, 11) is 4.15. The first kappa shape index (κ1) is 14.5. The lowest BCUT2D eigenvalue weighted by Crippen LogP contribution is -2.43. The quantitative estimate of drug-likeness (QED) is 0.747. The summed E-state index contributed by atoms with van der Waals surface area (Å²) in [6.45, 7) is 6.78. The number of carbonyl (C=O) groups excluding carboxylic acids is 1. The van der Waals surface area contributed by atoms with Gasteiger partial charge in [-0.3, -0.25) is 4.79 Å². The molecule has 17 heavy (non-hydrogen) atoms. The van der Waals surface area contributed by atoms with Crippen molar-refractivity contribution in [1.29, 1.82) is 0 Å². The summed E-state index contributed by atoms with van der Waals surface area (Å²) in [4.78, 5) is 16.5. The normalized spacial score (nSPS) is 20.6. The lowest BCUT2D eigenvalue weighted by molar-refractivity contribution is -0.136. The van der Waals surface area contributed by atoms with Gasteiger partial charge in [0.05, 0.1) is 5.92 Å². The molecule has 0 unspecified atom stereocenters. The lowest BCUT2D eigenvalue weighted by atomic mass is 9.98. The minimum Gasteiger partial charge on any atom is -0.343 e. The van der Waals surface area contributed by atoms with Crippen LogP contribution in [0.15, 0.2) is 0 Å². The molecule has 0 bridgehead atoms. The molecule has 0 aromatic rings. The summed E-state index contributed by atoms with van der Waals surface area (Å²) in [5, 5.41) is 3.31. The van der Waals surface area contributed by atoms with Gasteiger partial charge in [-0.25, -0.2) is 0 Å². The van der Waals surface area contributed by atoms with Gasteiger partial charge in [-0.2, -0.15) is 0 Å². The molecule has 4 heteroatoms. The average molecular weight is 241 g/mol. The van der Waals surface area contributed by atoms with Crippen LogP contribution in [0.2, 0.25) is 0 Å². The number of hydrogen-bond donors (Lipinski definition) is 1. The largest absolute Gasteiger partial charge is 0.343 e. The number of nitrogens with one attached hydrogen (secondary N) is 1. The lowest BCUT2D eigenvalue weighted by Gasteiger charge is -2.29. The third-order valence-corrected chi connectivity index (χ3v) is 3.37. The summed E-state index contributed by atoms with van der Waals surface area (Å²) in [6, 6.07) is 0. The van der Waals surface area contributed by atoms with E-state index in [-0.39, 0.29) is 5.92 Å². The van der Waals surface area contributed by atoms with Crippen LogP contribution in [0.4, 0.5) is 0 Å². The highest BCUT2D eigenvalue weighted by Crippen LogP contribution is 2.13. The van der Waals surface area contributed by atoms with Gasteiger partial charge >= 0.3 is 0 Å². The number of hydrogen-bond acceptors (Lipinski definition) is 3. The molecule has 1 aliphatic rings. The van der Waals surface area contributed by atoms with Crippen molar-refractivity contribution < 1.29 is 4.79 Å². The van der Waals surface area contributed by atoms with Crippen LogP contribution in [0.1, 0.15) is 26.2 Å². The fourth-order valence-corrected chi connectivity index (χ4v) is 2.32. The molecule has 1 aliphatic heterocycles. The van der Waals surface area contributed by atoms with Crippen molar-refractivity contribution in [1.82, 2.24) is 15.1 Å². The predicted molar refractivity (Wildman–Crippen MR) is 71.0 cm³/mol. The molecule has 1 saturated heterocycles. The van der Waals surface area contributed by atoms with E-state index in [0.29, 0.717) is 5.91 Å². The number of carbonyl (C=O) groups is 1. The first-order valence-corrected chi connectivity index (χ1v) is 6.79. The molecular formula is C13H27N3O. The SMILES string of the molecule is CCN(CCCN(C)C)C(=O)[C@@H]1CCCNC1. The first-order valence-electron chi connectivity index (χ1n) is 6.79. The van der Waals surface area contributed by atoms with E-state index in [4.69, 9.17) is 0 Å². The van der Waals surface area contributed by atoms with E-state index >= 15 is 0 Å². The Balaban J connectivity index is 2.34.